The fourth-order valence-corrected chi connectivity index (χ4v) is 1.86. The van der Waals surface area contributed by atoms with E-state index in [2.05, 4.69) is 17.6 Å². The zero-order valence-electron chi connectivity index (χ0n) is 12.8. The molecule has 116 valence electrons. The largest absolute Gasteiger partial charge is 0.466 e. The van der Waals surface area contributed by atoms with Crippen LogP contribution in [0, 0.1) is 0 Å². The molecule has 0 spiro atoms. The number of esters is 1. The van der Waals surface area contributed by atoms with Crippen LogP contribution in [-0.4, -0.2) is 31.6 Å². The number of benzene rings is 1. The van der Waals surface area contributed by atoms with Crippen LogP contribution in [0.1, 0.15) is 43.5 Å². The highest BCUT2D eigenvalue weighted by atomic mass is 16.5. The fraction of sp³-hybridized carbons (Fsp3) is 0.500. The van der Waals surface area contributed by atoms with Crippen LogP contribution in [-0.2, 0) is 9.53 Å². The Morgan fingerprint density at radius 3 is 2.62 bits per heavy atom. The molecule has 0 atom stereocenters. The van der Waals surface area contributed by atoms with Crippen LogP contribution < -0.4 is 10.6 Å². The van der Waals surface area contributed by atoms with Gasteiger partial charge in [-0.05, 0) is 31.9 Å². The van der Waals surface area contributed by atoms with Crippen molar-refractivity contribution in [3.05, 3.63) is 29.8 Å². The molecule has 0 aliphatic heterocycles. The third-order valence-corrected chi connectivity index (χ3v) is 2.89. The van der Waals surface area contributed by atoms with Gasteiger partial charge in [0, 0.05) is 25.2 Å². The van der Waals surface area contributed by atoms with Crippen molar-refractivity contribution < 1.29 is 14.3 Å². The van der Waals surface area contributed by atoms with E-state index in [0.29, 0.717) is 31.6 Å². The average Bonchev–Trinajstić information content (AvgIpc) is 2.50. The summed E-state index contributed by atoms with van der Waals surface area (Å²) in [6.07, 6.45) is 1.90. The maximum Gasteiger partial charge on any atom is 0.305 e. The molecule has 0 fully saturated rings. The quantitative estimate of drug-likeness (QED) is 0.542. The molecule has 0 heterocycles. The predicted octanol–water partition coefficient (Wildman–Crippen LogP) is 2.58. The van der Waals surface area contributed by atoms with E-state index < -0.39 is 0 Å². The summed E-state index contributed by atoms with van der Waals surface area (Å²) in [5.41, 5.74) is 1.46. The highest BCUT2D eigenvalue weighted by Crippen LogP contribution is 2.14. The molecule has 0 radical (unpaired) electrons. The first-order chi connectivity index (χ1) is 10.2. The minimum absolute atomic E-state index is 0.127. The van der Waals surface area contributed by atoms with E-state index in [9.17, 15) is 9.59 Å². The molecular formula is C16H24N2O3. The Morgan fingerprint density at radius 1 is 1.14 bits per heavy atom. The van der Waals surface area contributed by atoms with Crippen LogP contribution in [0.4, 0.5) is 5.69 Å². The molecule has 2 N–H and O–H groups in total. The molecule has 1 aromatic rings. The number of carbonyl (C=O) groups excluding carboxylic acids is 2. The van der Waals surface area contributed by atoms with Gasteiger partial charge in [-0.15, -0.1) is 0 Å². The van der Waals surface area contributed by atoms with Crippen molar-refractivity contribution in [1.82, 2.24) is 5.32 Å². The lowest BCUT2D eigenvalue weighted by molar-refractivity contribution is -0.143. The van der Waals surface area contributed by atoms with Gasteiger partial charge in [0.15, 0.2) is 0 Å². The Bertz CT molecular complexity index is 461. The number of rotatable bonds is 9. The standard InChI is InChI=1S/C16H24N2O3/c1-3-11-17-14-9-6-5-8-13(14)16(20)18-12-7-10-15(19)21-4-2/h5-6,8-9,17H,3-4,7,10-12H2,1-2H3,(H,18,20). The molecule has 0 aliphatic carbocycles. The summed E-state index contributed by atoms with van der Waals surface area (Å²) < 4.78 is 4.84. The van der Waals surface area contributed by atoms with E-state index in [1.807, 2.05) is 18.2 Å². The third-order valence-electron chi connectivity index (χ3n) is 2.89. The van der Waals surface area contributed by atoms with E-state index in [-0.39, 0.29) is 11.9 Å². The second kappa shape index (κ2) is 9.80. The van der Waals surface area contributed by atoms with Gasteiger partial charge in [0.1, 0.15) is 0 Å². The second-order valence-corrected chi connectivity index (χ2v) is 4.64. The number of hydrogen-bond acceptors (Lipinski definition) is 4. The van der Waals surface area contributed by atoms with Gasteiger partial charge < -0.3 is 15.4 Å². The smallest absolute Gasteiger partial charge is 0.305 e. The van der Waals surface area contributed by atoms with Crippen molar-refractivity contribution in [3.8, 4) is 0 Å². The van der Waals surface area contributed by atoms with Crippen molar-refractivity contribution in [1.29, 1.82) is 0 Å². The third kappa shape index (κ3) is 6.29. The summed E-state index contributed by atoms with van der Waals surface area (Å²) >= 11 is 0. The minimum Gasteiger partial charge on any atom is -0.466 e. The molecule has 5 heteroatoms. The number of ether oxygens (including phenoxy) is 1. The van der Waals surface area contributed by atoms with Crippen LogP contribution in [0.3, 0.4) is 0 Å². The lowest BCUT2D eigenvalue weighted by atomic mass is 10.1. The Balaban J connectivity index is 2.43. The second-order valence-electron chi connectivity index (χ2n) is 4.64. The molecular weight excluding hydrogens is 268 g/mol. The number of anilines is 1. The highest BCUT2D eigenvalue weighted by Gasteiger charge is 2.10. The van der Waals surface area contributed by atoms with E-state index in [1.54, 1.807) is 13.0 Å². The molecule has 0 unspecified atom stereocenters. The number of carbonyl (C=O) groups is 2. The van der Waals surface area contributed by atoms with Gasteiger partial charge in [-0.2, -0.15) is 0 Å². The van der Waals surface area contributed by atoms with Crippen LogP contribution in [0.2, 0.25) is 0 Å². The van der Waals surface area contributed by atoms with Gasteiger partial charge in [0.2, 0.25) is 0 Å². The number of nitrogens with one attached hydrogen (secondary N) is 2. The number of para-hydroxylation sites is 1. The van der Waals surface area contributed by atoms with Crippen molar-refractivity contribution in [2.24, 2.45) is 0 Å². The fourth-order valence-electron chi connectivity index (χ4n) is 1.86. The summed E-state index contributed by atoms with van der Waals surface area (Å²) in [5.74, 6) is -0.352. The van der Waals surface area contributed by atoms with Gasteiger partial charge in [-0.1, -0.05) is 19.1 Å². The van der Waals surface area contributed by atoms with Gasteiger partial charge in [0.05, 0.1) is 12.2 Å². The molecule has 1 rings (SSSR count). The van der Waals surface area contributed by atoms with Crippen molar-refractivity contribution in [2.75, 3.05) is 25.0 Å². The lowest BCUT2D eigenvalue weighted by Crippen LogP contribution is -2.26. The first kappa shape index (κ1) is 17.0. The molecule has 0 saturated heterocycles. The molecule has 0 saturated carbocycles. The molecule has 0 aromatic heterocycles. The minimum atomic E-state index is -0.225. The maximum absolute atomic E-state index is 12.1. The molecule has 1 aromatic carbocycles. The lowest BCUT2D eigenvalue weighted by Gasteiger charge is -2.11. The molecule has 5 nitrogen and oxygen atoms in total. The van der Waals surface area contributed by atoms with Crippen LogP contribution in [0.5, 0.6) is 0 Å². The Labute approximate surface area is 126 Å². The summed E-state index contributed by atoms with van der Waals surface area (Å²) in [5, 5.41) is 6.06. The summed E-state index contributed by atoms with van der Waals surface area (Å²) in [6, 6.07) is 7.42. The van der Waals surface area contributed by atoms with Gasteiger partial charge in [-0.25, -0.2) is 0 Å². The van der Waals surface area contributed by atoms with Gasteiger partial charge in [-0.3, -0.25) is 9.59 Å². The Kier molecular flexibility index (Phi) is 7.94. The molecule has 0 bridgehead atoms. The van der Waals surface area contributed by atoms with E-state index in [1.165, 1.54) is 0 Å². The van der Waals surface area contributed by atoms with Crippen molar-refractivity contribution >= 4 is 17.6 Å². The average molecular weight is 292 g/mol. The normalized spacial score (nSPS) is 10.0. The summed E-state index contributed by atoms with van der Waals surface area (Å²) in [6.45, 7) is 5.53. The van der Waals surface area contributed by atoms with Crippen LogP contribution >= 0.6 is 0 Å². The zero-order valence-corrected chi connectivity index (χ0v) is 12.8. The molecule has 21 heavy (non-hydrogen) atoms. The van der Waals surface area contributed by atoms with E-state index >= 15 is 0 Å². The van der Waals surface area contributed by atoms with Gasteiger partial charge in [0.25, 0.3) is 5.91 Å². The summed E-state index contributed by atoms with van der Waals surface area (Å²) in [7, 11) is 0. The first-order valence-corrected chi connectivity index (χ1v) is 7.45. The monoisotopic (exact) mass is 292 g/mol. The van der Waals surface area contributed by atoms with Gasteiger partial charge >= 0.3 is 5.97 Å². The molecule has 1 amide bonds. The Morgan fingerprint density at radius 2 is 1.90 bits per heavy atom. The molecule has 0 aliphatic rings. The first-order valence-electron chi connectivity index (χ1n) is 7.45. The van der Waals surface area contributed by atoms with Crippen LogP contribution in [0.15, 0.2) is 24.3 Å². The zero-order chi connectivity index (χ0) is 15.5. The van der Waals surface area contributed by atoms with E-state index in [4.69, 9.17) is 4.74 Å². The Hall–Kier alpha value is -2.04. The predicted molar refractivity (Wildman–Crippen MR) is 83.4 cm³/mol. The van der Waals surface area contributed by atoms with Crippen molar-refractivity contribution in [2.45, 2.75) is 33.1 Å². The van der Waals surface area contributed by atoms with E-state index in [0.717, 1.165) is 18.7 Å². The SMILES string of the molecule is CCCNc1ccccc1C(=O)NCCCC(=O)OCC. The summed E-state index contributed by atoms with van der Waals surface area (Å²) in [4.78, 5) is 23.3. The van der Waals surface area contributed by atoms with Crippen LogP contribution in [0.25, 0.3) is 0 Å². The maximum atomic E-state index is 12.1. The number of amides is 1. The van der Waals surface area contributed by atoms with Crippen molar-refractivity contribution in [3.63, 3.8) is 0 Å². The topological polar surface area (TPSA) is 67.4 Å². The number of hydrogen-bond donors (Lipinski definition) is 2. The highest BCUT2D eigenvalue weighted by molar-refractivity contribution is 5.99.